The van der Waals surface area contributed by atoms with Crippen LogP contribution in [0.4, 0.5) is 5.69 Å². The number of nitrogens with one attached hydrogen (secondary N) is 1. The minimum absolute atomic E-state index is 0.184. The molecule has 0 radical (unpaired) electrons. The minimum atomic E-state index is -0.184. The van der Waals surface area contributed by atoms with E-state index < -0.39 is 0 Å². The second-order valence-electron chi connectivity index (χ2n) is 7.49. The Bertz CT molecular complexity index is 1260. The smallest absolute Gasteiger partial charge is 0.264 e. The quantitative estimate of drug-likeness (QED) is 0.287. The van der Waals surface area contributed by atoms with E-state index in [1.165, 1.54) is 11.8 Å². The minimum Gasteiger partial charge on any atom is -0.490 e. The summed E-state index contributed by atoms with van der Waals surface area (Å²) in [7, 11) is 0. The molecule has 3 aromatic rings. The average molecular weight is 602 g/mol. The van der Waals surface area contributed by atoms with E-state index in [4.69, 9.17) is 9.47 Å². The number of aliphatic imine (C=N–C) groups is 1. The lowest BCUT2D eigenvalue weighted by atomic mass is 10.1. The number of amidine groups is 1. The number of benzene rings is 3. The molecule has 5 nitrogen and oxygen atoms in total. The molecule has 1 heterocycles. The van der Waals surface area contributed by atoms with Gasteiger partial charge in [0.25, 0.3) is 5.91 Å². The number of thioether (sulfide) groups is 1. The normalized spacial score (nSPS) is 15.6. The monoisotopic (exact) mass is 600 g/mol. The number of rotatable bonds is 7. The summed E-state index contributed by atoms with van der Waals surface area (Å²) in [5.41, 5.74) is 3.81. The van der Waals surface area contributed by atoms with Crippen molar-refractivity contribution in [1.29, 1.82) is 0 Å². The molecule has 174 valence electrons. The van der Waals surface area contributed by atoms with E-state index in [1.807, 2.05) is 80.6 Å². The first kappa shape index (κ1) is 24.6. The van der Waals surface area contributed by atoms with Crippen molar-refractivity contribution in [1.82, 2.24) is 5.32 Å². The van der Waals surface area contributed by atoms with E-state index in [2.05, 4.69) is 42.2 Å². The van der Waals surface area contributed by atoms with Gasteiger partial charge < -0.3 is 14.8 Å². The molecule has 0 spiro atoms. The van der Waals surface area contributed by atoms with E-state index in [1.54, 1.807) is 0 Å². The Morgan fingerprint density at radius 3 is 2.41 bits per heavy atom. The van der Waals surface area contributed by atoms with E-state index in [0.717, 1.165) is 31.3 Å². The van der Waals surface area contributed by atoms with Crippen molar-refractivity contribution in [3.8, 4) is 11.5 Å². The number of ether oxygens (including phenoxy) is 2. The van der Waals surface area contributed by atoms with Gasteiger partial charge in [0, 0.05) is 8.95 Å². The molecule has 0 saturated carbocycles. The second kappa shape index (κ2) is 11.3. The van der Waals surface area contributed by atoms with Gasteiger partial charge in [-0.15, -0.1) is 0 Å². The standard InChI is InChI=1S/C26H22Br2N2O3S/c1-3-32-22-12-18(21(28)14-23(22)33-15-17-6-8-19(27)9-7-17)13-24-25(31)30-26(34-24)29-20-10-4-16(2)5-11-20/h4-14H,3,15H2,1-2H3,(H,29,30,31)/b24-13+. The van der Waals surface area contributed by atoms with Gasteiger partial charge in [-0.05, 0) is 79.2 Å². The highest BCUT2D eigenvalue weighted by Crippen LogP contribution is 2.37. The van der Waals surface area contributed by atoms with Crippen LogP contribution in [0.2, 0.25) is 0 Å². The summed E-state index contributed by atoms with van der Waals surface area (Å²) < 4.78 is 13.7. The second-order valence-corrected chi connectivity index (χ2v) is 10.3. The predicted octanol–water partition coefficient (Wildman–Crippen LogP) is 7.39. The third kappa shape index (κ3) is 6.31. The lowest BCUT2D eigenvalue weighted by Gasteiger charge is -2.14. The lowest BCUT2D eigenvalue weighted by molar-refractivity contribution is -0.115. The first-order valence-corrected chi connectivity index (χ1v) is 13.0. The number of halogens is 2. The van der Waals surface area contributed by atoms with Crippen LogP contribution in [0.15, 0.2) is 79.5 Å². The van der Waals surface area contributed by atoms with E-state index >= 15 is 0 Å². The molecule has 3 aromatic carbocycles. The molecular formula is C26H22Br2N2O3S. The molecule has 0 aromatic heterocycles. The maximum Gasteiger partial charge on any atom is 0.264 e. The Balaban J connectivity index is 1.55. The highest BCUT2D eigenvalue weighted by Gasteiger charge is 2.24. The van der Waals surface area contributed by atoms with E-state index in [0.29, 0.717) is 34.8 Å². The van der Waals surface area contributed by atoms with Crippen LogP contribution >= 0.6 is 43.6 Å². The SMILES string of the molecule is CCOc1cc(/C=C2/SC(=Nc3ccc(C)cc3)NC2=O)c(Br)cc1OCc1ccc(Br)cc1. The molecule has 1 aliphatic heterocycles. The van der Waals surface area contributed by atoms with Crippen molar-refractivity contribution < 1.29 is 14.3 Å². The molecule has 1 saturated heterocycles. The number of amides is 1. The number of carbonyl (C=O) groups excluding carboxylic acids is 1. The number of hydrogen-bond donors (Lipinski definition) is 1. The predicted molar refractivity (Wildman–Crippen MR) is 146 cm³/mol. The van der Waals surface area contributed by atoms with Crippen molar-refractivity contribution in [3.63, 3.8) is 0 Å². The molecular weight excluding hydrogens is 580 g/mol. The molecule has 1 amide bonds. The summed E-state index contributed by atoms with van der Waals surface area (Å²) in [6.07, 6.45) is 1.82. The Labute approximate surface area is 219 Å². The highest BCUT2D eigenvalue weighted by molar-refractivity contribution is 9.10. The number of nitrogens with zero attached hydrogens (tertiary/aromatic N) is 1. The van der Waals surface area contributed by atoms with Gasteiger partial charge in [-0.3, -0.25) is 4.79 Å². The van der Waals surface area contributed by atoms with Crippen LogP contribution in [-0.2, 0) is 11.4 Å². The topological polar surface area (TPSA) is 59.9 Å². The van der Waals surface area contributed by atoms with Crippen molar-refractivity contribution >= 4 is 66.5 Å². The van der Waals surface area contributed by atoms with Crippen LogP contribution in [0.3, 0.4) is 0 Å². The fourth-order valence-electron chi connectivity index (χ4n) is 3.14. The molecule has 0 bridgehead atoms. The Morgan fingerprint density at radius 1 is 1.00 bits per heavy atom. The average Bonchev–Trinajstić information content (AvgIpc) is 3.16. The molecule has 8 heteroatoms. The molecule has 4 rings (SSSR count). The maximum absolute atomic E-state index is 12.5. The summed E-state index contributed by atoms with van der Waals surface area (Å²) in [6.45, 7) is 4.86. The Hall–Kier alpha value is -2.55. The van der Waals surface area contributed by atoms with Crippen LogP contribution in [0, 0.1) is 6.92 Å². The number of carbonyl (C=O) groups is 1. The van der Waals surface area contributed by atoms with Gasteiger partial charge >= 0.3 is 0 Å². The van der Waals surface area contributed by atoms with Crippen molar-refractivity contribution in [2.75, 3.05) is 6.61 Å². The van der Waals surface area contributed by atoms with Crippen molar-refractivity contribution in [3.05, 3.63) is 91.2 Å². The maximum atomic E-state index is 12.5. The summed E-state index contributed by atoms with van der Waals surface area (Å²) in [5.74, 6) is 1.06. The van der Waals surface area contributed by atoms with Crippen LogP contribution in [-0.4, -0.2) is 17.7 Å². The molecule has 0 unspecified atom stereocenters. The molecule has 1 N–H and O–H groups in total. The van der Waals surface area contributed by atoms with E-state index in [9.17, 15) is 4.79 Å². The fourth-order valence-corrected chi connectivity index (χ4v) is 4.68. The molecule has 1 aliphatic rings. The zero-order valence-electron chi connectivity index (χ0n) is 18.6. The number of aryl methyl sites for hydroxylation is 1. The summed E-state index contributed by atoms with van der Waals surface area (Å²) in [5, 5.41) is 3.38. The van der Waals surface area contributed by atoms with Crippen LogP contribution in [0.5, 0.6) is 11.5 Å². The first-order chi connectivity index (χ1) is 16.4. The van der Waals surface area contributed by atoms with Crippen LogP contribution in [0.25, 0.3) is 6.08 Å². The fraction of sp³-hybridized carbons (Fsp3) is 0.154. The van der Waals surface area contributed by atoms with Crippen molar-refractivity contribution in [2.45, 2.75) is 20.5 Å². The summed E-state index contributed by atoms with van der Waals surface area (Å²) >= 11 is 8.36. The van der Waals surface area contributed by atoms with Crippen molar-refractivity contribution in [2.24, 2.45) is 4.99 Å². The summed E-state index contributed by atoms with van der Waals surface area (Å²) in [6, 6.07) is 19.5. The lowest BCUT2D eigenvalue weighted by Crippen LogP contribution is -2.19. The molecule has 1 fully saturated rings. The molecule has 0 aliphatic carbocycles. The highest BCUT2D eigenvalue weighted by atomic mass is 79.9. The van der Waals surface area contributed by atoms with E-state index in [-0.39, 0.29) is 5.91 Å². The third-order valence-corrected chi connectivity index (χ3v) is 7.00. The van der Waals surface area contributed by atoms with Gasteiger partial charge in [-0.25, -0.2) is 4.99 Å². The summed E-state index contributed by atoms with van der Waals surface area (Å²) in [4.78, 5) is 17.6. The van der Waals surface area contributed by atoms with Crippen LogP contribution in [0.1, 0.15) is 23.6 Å². The Kier molecular flexibility index (Phi) is 8.13. The molecule has 0 atom stereocenters. The largest absolute Gasteiger partial charge is 0.490 e. The van der Waals surface area contributed by atoms with Gasteiger partial charge in [0.1, 0.15) is 6.61 Å². The van der Waals surface area contributed by atoms with Gasteiger partial charge in [0.05, 0.1) is 17.2 Å². The zero-order valence-corrected chi connectivity index (χ0v) is 22.6. The van der Waals surface area contributed by atoms with Gasteiger partial charge in [-0.1, -0.05) is 61.7 Å². The number of hydrogen-bond acceptors (Lipinski definition) is 5. The van der Waals surface area contributed by atoms with Gasteiger partial charge in [0.2, 0.25) is 0 Å². The van der Waals surface area contributed by atoms with Crippen LogP contribution < -0.4 is 14.8 Å². The molecule has 34 heavy (non-hydrogen) atoms. The third-order valence-electron chi connectivity index (χ3n) is 4.87. The first-order valence-electron chi connectivity index (χ1n) is 10.6. The Morgan fingerprint density at radius 2 is 1.71 bits per heavy atom. The zero-order chi connectivity index (χ0) is 24.1. The van der Waals surface area contributed by atoms with Gasteiger partial charge in [-0.2, -0.15) is 0 Å². The van der Waals surface area contributed by atoms with Gasteiger partial charge in [0.15, 0.2) is 16.7 Å².